The molecular weight excluding hydrogens is 763 g/mol. The second-order valence-electron chi connectivity index (χ2n) is 13.9. The summed E-state index contributed by atoms with van der Waals surface area (Å²) in [5.74, 6) is -1.98. The third-order valence-corrected chi connectivity index (χ3v) is 10.2. The molecule has 0 radical (unpaired) electrons. The van der Waals surface area contributed by atoms with Crippen LogP contribution in [0.25, 0.3) is 0 Å². The Morgan fingerprint density at radius 1 is 0.621 bits per heavy atom. The van der Waals surface area contributed by atoms with Gasteiger partial charge in [-0.25, -0.2) is 9.59 Å². The number of rotatable bonds is 24. The fraction of sp³-hybridized carbons (Fsp3) is 0.364. The van der Waals surface area contributed by atoms with Gasteiger partial charge in [0.15, 0.2) is 0 Å². The Bertz CT molecular complexity index is 1970. The summed E-state index contributed by atoms with van der Waals surface area (Å²) in [5, 5.41) is 5.40. The molecule has 0 aliphatic rings. The van der Waals surface area contributed by atoms with Gasteiger partial charge in [0.05, 0.1) is 24.0 Å². The molecular formula is C44H53N3O10S. The summed E-state index contributed by atoms with van der Waals surface area (Å²) in [6.07, 6.45) is 1.83. The normalized spacial score (nSPS) is 12.7. The molecule has 0 aliphatic carbocycles. The summed E-state index contributed by atoms with van der Waals surface area (Å²) < 4.78 is 47.4. The van der Waals surface area contributed by atoms with Crippen molar-refractivity contribution in [1.29, 1.82) is 0 Å². The lowest BCUT2D eigenvalue weighted by Gasteiger charge is -2.22. The van der Waals surface area contributed by atoms with Crippen molar-refractivity contribution in [3.05, 3.63) is 138 Å². The Hall–Kier alpha value is -5.57. The van der Waals surface area contributed by atoms with Crippen molar-refractivity contribution in [2.24, 2.45) is 5.92 Å². The molecule has 310 valence electrons. The van der Waals surface area contributed by atoms with Crippen LogP contribution in [0.5, 0.6) is 0 Å². The summed E-state index contributed by atoms with van der Waals surface area (Å²) >= 11 is 0. The number of aryl methyl sites for hydroxylation is 1. The van der Waals surface area contributed by atoms with Crippen LogP contribution in [0, 0.1) is 12.8 Å². The lowest BCUT2D eigenvalue weighted by molar-refractivity contribution is -0.150. The van der Waals surface area contributed by atoms with Gasteiger partial charge in [-0.05, 0) is 74.3 Å². The van der Waals surface area contributed by atoms with Crippen LogP contribution in [-0.4, -0.2) is 64.2 Å². The van der Waals surface area contributed by atoms with Crippen LogP contribution in [0.15, 0.2) is 120 Å². The molecule has 14 heteroatoms. The fourth-order valence-corrected chi connectivity index (χ4v) is 6.52. The molecule has 0 aliphatic heterocycles. The molecule has 0 fully saturated rings. The molecule has 4 aromatic rings. The van der Waals surface area contributed by atoms with Gasteiger partial charge in [0, 0.05) is 13.0 Å². The summed E-state index contributed by atoms with van der Waals surface area (Å²) in [7, 11) is -4.31. The minimum atomic E-state index is -4.31. The van der Waals surface area contributed by atoms with Crippen molar-refractivity contribution in [1.82, 2.24) is 16.1 Å². The fourth-order valence-electron chi connectivity index (χ4n) is 5.71. The standard InChI is InChI=1S/C44H53N3O10S/c1-33-23-25-38(26-24-33)58(52,53)57-47-39(22-12-13-27-45-44(51)56-32-37-20-10-5-11-21-37)41(48)46-40(31-36-18-8-4-9-19-36)43(50)55-29-15-14-28-54-42(49)34(2)30-35-16-6-3-7-17-35/h3-11,16-21,23-26,34,39-40,47H,12-15,22,27-32H2,1-2H3,(H,45,51)(H,46,48). The van der Waals surface area contributed by atoms with Crippen LogP contribution < -0.4 is 16.1 Å². The van der Waals surface area contributed by atoms with Crippen LogP contribution >= 0.6 is 0 Å². The second kappa shape index (κ2) is 24.3. The largest absolute Gasteiger partial charge is 0.465 e. The van der Waals surface area contributed by atoms with Crippen LogP contribution in [0.1, 0.15) is 61.3 Å². The van der Waals surface area contributed by atoms with Crippen molar-refractivity contribution in [2.75, 3.05) is 19.8 Å². The number of alkyl carbamates (subject to hydrolysis) is 1. The van der Waals surface area contributed by atoms with Crippen molar-refractivity contribution >= 4 is 34.1 Å². The number of benzene rings is 4. The highest BCUT2D eigenvalue weighted by Crippen LogP contribution is 2.15. The molecule has 3 unspecified atom stereocenters. The highest BCUT2D eigenvalue weighted by atomic mass is 32.2. The molecule has 0 spiro atoms. The summed E-state index contributed by atoms with van der Waals surface area (Å²) in [5.41, 5.74) is 5.91. The molecule has 0 saturated carbocycles. The number of hydrogen-bond acceptors (Lipinski definition) is 11. The van der Waals surface area contributed by atoms with E-state index in [1.54, 1.807) is 24.3 Å². The minimum Gasteiger partial charge on any atom is -0.465 e. The van der Waals surface area contributed by atoms with E-state index in [9.17, 15) is 27.6 Å². The van der Waals surface area contributed by atoms with E-state index in [-0.39, 0.29) is 56.0 Å². The van der Waals surface area contributed by atoms with Crippen LogP contribution in [-0.2, 0) is 62.4 Å². The zero-order valence-corrected chi connectivity index (χ0v) is 33.8. The van der Waals surface area contributed by atoms with Gasteiger partial charge >= 0.3 is 28.1 Å². The Kier molecular flexibility index (Phi) is 18.9. The summed E-state index contributed by atoms with van der Waals surface area (Å²) in [6.45, 7) is 4.18. The van der Waals surface area contributed by atoms with Gasteiger partial charge in [-0.3, -0.25) is 9.59 Å². The number of hydroxylamine groups is 1. The molecule has 2 amide bonds. The molecule has 4 rings (SSSR count). The van der Waals surface area contributed by atoms with Gasteiger partial charge in [0.2, 0.25) is 5.91 Å². The molecule has 0 bridgehead atoms. The Morgan fingerprint density at radius 3 is 1.78 bits per heavy atom. The maximum Gasteiger partial charge on any atom is 0.407 e. The lowest BCUT2D eigenvalue weighted by Crippen LogP contribution is -2.51. The SMILES string of the molecule is Cc1ccc(S(=O)(=O)ONC(CCCCNC(=O)OCc2ccccc2)C(=O)NC(Cc2ccccc2)C(=O)OCCCCOC(=O)C(C)Cc2ccccc2)cc1. The maximum atomic E-state index is 13.8. The number of hydrogen-bond donors (Lipinski definition) is 3. The predicted molar refractivity (Wildman–Crippen MR) is 217 cm³/mol. The number of ether oxygens (including phenoxy) is 3. The van der Waals surface area contributed by atoms with Crippen LogP contribution in [0.3, 0.4) is 0 Å². The van der Waals surface area contributed by atoms with Crippen molar-refractivity contribution in [3.8, 4) is 0 Å². The van der Waals surface area contributed by atoms with Gasteiger partial charge in [-0.1, -0.05) is 116 Å². The quantitative estimate of drug-likeness (QED) is 0.0321. The first-order chi connectivity index (χ1) is 28.0. The van der Waals surface area contributed by atoms with Gasteiger partial charge in [-0.2, -0.15) is 18.2 Å². The third-order valence-electron chi connectivity index (χ3n) is 9.03. The average Bonchev–Trinajstić information content (AvgIpc) is 3.23. The van der Waals surface area contributed by atoms with Gasteiger partial charge in [-0.15, -0.1) is 0 Å². The lowest BCUT2D eigenvalue weighted by atomic mass is 10.0. The van der Waals surface area contributed by atoms with E-state index in [1.807, 2.05) is 92.7 Å². The monoisotopic (exact) mass is 815 g/mol. The first kappa shape index (κ1) is 45.1. The maximum absolute atomic E-state index is 13.8. The Labute approximate surface area is 340 Å². The third kappa shape index (κ3) is 16.5. The first-order valence-corrected chi connectivity index (χ1v) is 20.8. The minimum absolute atomic E-state index is 0.0253. The topological polar surface area (TPSA) is 175 Å². The zero-order chi connectivity index (χ0) is 41.6. The average molecular weight is 816 g/mol. The second-order valence-corrected chi connectivity index (χ2v) is 15.4. The zero-order valence-electron chi connectivity index (χ0n) is 33.0. The van der Waals surface area contributed by atoms with E-state index in [0.29, 0.717) is 32.1 Å². The highest BCUT2D eigenvalue weighted by Gasteiger charge is 2.29. The van der Waals surface area contributed by atoms with E-state index in [0.717, 1.165) is 22.3 Å². The Morgan fingerprint density at radius 2 is 1.17 bits per heavy atom. The first-order valence-electron chi connectivity index (χ1n) is 19.4. The number of esters is 2. The molecule has 58 heavy (non-hydrogen) atoms. The van der Waals surface area contributed by atoms with E-state index < -0.39 is 40.2 Å². The van der Waals surface area contributed by atoms with E-state index in [1.165, 1.54) is 12.1 Å². The highest BCUT2D eigenvalue weighted by molar-refractivity contribution is 7.86. The number of unbranched alkanes of at least 4 members (excludes halogenated alkanes) is 2. The van der Waals surface area contributed by atoms with E-state index >= 15 is 0 Å². The molecule has 0 aromatic heterocycles. The van der Waals surface area contributed by atoms with Gasteiger partial charge < -0.3 is 24.8 Å². The Balaban J connectivity index is 1.31. The number of carbonyl (C=O) groups is 4. The van der Waals surface area contributed by atoms with Gasteiger partial charge in [0.25, 0.3) is 0 Å². The van der Waals surface area contributed by atoms with Crippen LogP contribution in [0.2, 0.25) is 0 Å². The predicted octanol–water partition coefficient (Wildman–Crippen LogP) is 6.14. The van der Waals surface area contributed by atoms with Crippen molar-refractivity contribution < 1.29 is 46.1 Å². The number of carbonyl (C=O) groups excluding carboxylic acids is 4. The van der Waals surface area contributed by atoms with E-state index in [2.05, 4.69) is 16.1 Å². The molecule has 3 N–H and O–H groups in total. The van der Waals surface area contributed by atoms with Gasteiger partial charge in [0.1, 0.15) is 18.7 Å². The summed E-state index contributed by atoms with van der Waals surface area (Å²) in [4.78, 5) is 51.8. The molecule has 0 heterocycles. The van der Waals surface area contributed by atoms with E-state index in [4.69, 9.17) is 18.5 Å². The number of amides is 2. The summed E-state index contributed by atoms with van der Waals surface area (Å²) in [6, 6.07) is 31.7. The van der Waals surface area contributed by atoms with Crippen molar-refractivity contribution in [2.45, 2.75) is 82.4 Å². The molecule has 3 atom stereocenters. The van der Waals surface area contributed by atoms with Crippen molar-refractivity contribution in [3.63, 3.8) is 0 Å². The molecule has 0 saturated heterocycles. The smallest absolute Gasteiger partial charge is 0.407 e. The number of nitrogens with one attached hydrogen (secondary N) is 3. The van der Waals surface area contributed by atoms with Crippen LogP contribution in [0.4, 0.5) is 4.79 Å². The molecule has 13 nitrogen and oxygen atoms in total. The molecule has 4 aromatic carbocycles.